The maximum Gasteiger partial charge on any atom is 0.291 e. The molecule has 2 aromatic carbocycles. The van der Waals surface area contributed by atoms with Gasteiger partial charge in [-0.05, 0) is 40.2 Å². The van der Waals surface area contributed by atoms with E-state index in [1.165, 1.54) is 6.42 Å². The van der Waals surface area contributed by atoms with Crippen molar-refractivity contribution < 1.29 is 4.79 Å². The Balaban J connectivity index is 1.37. The number of hydrogen-bond acceptors (Lipinski definition) is 6. The van der Waals surface area contributed by atoms with Crippen molar-refractivity contribution in [2.75, 3.05) is 0 Å². The highest BCUT2D eigenvalue weighted by molar-refractivity contribution is 5.90. The number of benzene rings is 2. The van der Waals surface area contributed by atoms with E-state index in [1.54, 1.807) is 0 Å². The van der Waals surface area contributed by atoms with Crippen molar-refractivity contribution in [2.24, 2.45) is 5.41 Å². The summed E-state index contributed by atoms with van der Waals surface area (Å²) >= 11 is 0. The van der Waals surface area contributed by atoms with Crippen molar-refractivity contribution in [3.8, 4) is 22.5 Å². The number of H-pyrrole nitrogens is 1. The van der Waals surface area contributed by atoms with Gasteiger partial charge in [0, 0.05) is 24.6 Å². The van der Waals surface area contributed by atoms with Crippen LogP contribution in [-0.4, -0.2) is 47.3 Å². The van der Waals surface area contributed by atoms with Gasteiger partial charge in [-0.15, -0.1) is 15.3 Å². The molecule has 1 saturated carbocycles. The van der Waals surface area contributed by atoms with Gasteiger partial charge in [-0.2, -0.15) is 5.21 Å². The number of nitrogens with one attached hydrogen (secondary N) is 2. The quantitative estimate of drug-likeness (QED) is 0.377. The van der Waals surface area contributed by atoms with Gasteiger partial charge < -0.3 is 5.32 Å². The van der Waals surface area contributed by atoms with Gasteiger partial charge in [-0.3, -0.25) is 4.79 Å². The van der Waals surface area contributed by atoms with Crippen LogP contribution in [0, 0.1) is 5.41 Å². The average Bonchev–Trinajstić information content (AvgIpc) is 3.55. The first-order chi connectivity index (χ1) is 17.9. The predicted molar refractivity (Wildman–Crippen MR) is 142 cm³/mol. The highest BCUT2D eigenvalue weighted by Gasteiger charge is 2.23. The van der Waals surface area contributed by atoms with Crippen LogP contribution in [0.15, 0.2) is 48.5 Å². The molecule has 0 unspecified atom stereocenters. The lowest BCUT2D eigenvalue weighted by molar-refractivity contribution is 0.0916. The van der Waals surface area contributed by atoms with Gasteiger partial charge in [0.1, 0.15) is 5.82 Å². The van der Waals surface area contributed by atoms with Gasteiger partial charge in [0.05, 0.1) is 0 Å². The summed E-state index contributed by atoms with van der Waals surface area (Å²) in [4.78, 5) is 17.7. The lowest BCUT2D eigenvalue weighted by Gasteiger charge is -2.22. The fraction of sp³-hybridized carbons (Fsp3) is 0.429. The summed E-state index contributed by atoms with van der Waals surface area (Å²) in [7, 11) is 0. The zero-order chi connectivity index (χ0) is 25.8. The molecule has 0 spiro atoms. The summed E-state index contributed by atoms with van der Waals surface area (Å²) in [5, 5.41) is 22.3. The average molecular weight is 499 g/mol. The first-order valence-electron chi connectivity index (χ1n) is 13.0. The summed E-state index contributed by atoms with van der Waals surface area (Å²) in [6, 6.07) is 16.6. The van der Waals surface area contributed by atoms with Gasteiger partial charge >= 0.3 is 0 Å². The van der Waals surface area contributed by atoms with E-state index in [9.17, 15) is 4.79 Å². The molecule has 4 aromatic rings. The SMILES string of the molecule is CC(C)(C)Cn1nc(C(=O)NC2CCCCC2)nc1Cc1ccc(-c2ccccc2-c2nn[nH]n2)cc1. The summed E-state index contributed by atoms with van der Waals surface area (Å²) in [6.45, 7) is 7.17. The molecule has 0 saturated heterocycles. The summed E-state index contributed by atoms with van der Waals surface area (Å²) in [5.74, 6) is 1.45. The Bertz CT molecular complexity index is 1330. The Morgan fingerprint density at radius 2 is 1.76 bits per heavy atom. The molecule has 192 valence electrons. The third-order valence-electron chi connectivity index (χ3n) is 6.66. The second-order valence-corrected chi connectivity index (χ2v) is 11.0. The first kappa shape index (κ1) is 24.8. The number of hydrogen-bond donors (Lipinski definition) is 2. The van der Waals surface area contributed by atoms with E-state index in [-0.39, 0.29) is 23.2 Å². The minimum atomic E-state index is -0.172. The maximum atomic E-state index is 13.0. The lowest BCUT2D eigenvalue weighted by Crippen LogP contribution is -2.36. The van der Waals surface area contributed by atoms with E-state index in [1.807, 2.05) is 22.9 Å². The Kier molecular flexibility index (Phi) is 7.12. The number of nitrogens with zero attached hydrogens (tertiary/aromatic N) is 6. The molecule has 0 radical (unpaired) electrons. The predicted octanol–water partition coefficient (Wildman–Crippen LogP) is 4.82. The molecule has 1 aliphatic carbocycles. The number of aromatic amines is 1. The Labute approximate surface area is 217 Å². The number of carbonyl (C=O) groups is 1. The minimum absolute atomic E-state index is 0.00227. The highest BCUT2D eigenvalue weighted by atomic mass is 16.2. The van der Waals surface area contributed by atoms with Gasteiger partial charge in [0.15, 0.2) is 0 Å². The van der Waals surface area contributed by atoms with E-state index >= 15 is 0 Å². The van der Waals surface area contributed by atoms with E-state index < -0.39 is 0 Å². The molecule has 0 bridgehead atoms. The van der Waals surface area contributed by atoms with E-state index in [4.69, 9.17) is 4.98 Å². The van der Waals surface area contributed by atoms with Crippen LogP contribution < -0.4 is 5.32 Å². The third-order valence-corrected chi connectivity index (χ3v) is 6.66. The molecule has 5 rings (SSSR count). The van der Waals surface area contributed by atoms with Gasteiger partial charge in [-0.1, -0.05) is 88.6 Å². The smallest absolute Gasteiger partial charge is 0.291 e. The van der Waals surface area contributed by atoms with Crippen molar-refractivity contribution in [3.05, 3.63) is 65.7 Å². The molecule has 1 amide bonds. The van der Waals surface area contributed by atoms with Crippen LogP contribution in [0.5, 0.6) is 0 Å². The number of carbonyl (C=O) groups excluding carboxylic acids is 1. The topological polar surface area (TPSA) is 114 Å². The van der Waals surface area contributed by atoms with Crippen LogP contribution in [0.25, 0.3) is 22.5 Å². The van der Waals surface area contributed by atoms with Crippen LogP contribution in [0.4, 0.5) is 0 Å². The van der Waals surface area contributed by atoms with Crippen molar-refractivity contribution in [1.29, 1.82) is 0 Å². The number of rotatable bonds is 7. The van der Waals surface area contributed by atoms with Crippen LogP contribution >= 0.6 is 0 Å². The Hall–Kier alpha value is -3.88. The van der Waals surface area contributed by atoms with Crippen molar-refractivity contribution in [1.82, 2.24) is 40.7 Å². The zero-order valence-electron chi connectivity index (χ0n) is 21.7. The molecule has 1 fully saturated rings. The highest BCUT2D eigenvalue weighted by Crippen LogP contribution is 2.30. The molecular weight excluding hydrogens is 464 g/mol. The molecule has 1 aliphatic rings. The number of tetrazole rings is 1. The van der Waals surface area contributed by atoms with Crippen molar-refractivity contribution in [3.63, 3.8) is 0 Å². The molecule has 9 nitrogen and oxygen atoms in total. The molecule has 37 heavy (non-hydrogen) atoms. The Morgan fingerprint density at radius 1 is 1.03 bits per heavy atom. The standard InChI is InChI=1S/C28H34N8O/c1-28(2,3)18-36-24(30-26(33-36)27(37)29-21-9-5-4-6-10-21)17-19-13-15-20(16-14-19)22-11-7-8-12-23(22)25-31-34-35-32-25/h7-8,11-16,21H,4-6,9-10,17-18H2,1-3H3,(H,29,37)(H,31,32,34,35). The van der Waals surface area contributed by atoms with Crippen LogP contribution in [0.1, 0.15) is 74.9 Å². The van der Waals surface area contributed by atoms with Crippen LogP contribution in [-0.2, 0) is 13.0 Å². The summed E-state index contributed by atoms with van der Waals surface area (Å²) in [5.41, 5.74) is 4.12. The molecule has 2 heterocycles. The molecule has 2 N–H and O–H groups in total. The van der Waals surface area contributed by atoms with Gasteiger partial charge in [-0.25, -0.2) is 9.67 Å². The van der Waals surface area contributed by atoms with Gasteiger partial charge in [0.2, 0.25) is 11.6 Å². The van der Waals surface area contributed by atoms with Crippen molar-refractivity contribution >= 4 is 5.91 Å². The molecular formula is C28H34N8O. The maximum absolute atomic E-state index is 13.0. The summed E-state index contributed by atoms with van der Waals surface area (Å²) < 4.78 is 1.90. The molecule has 9 heteroatoms. The fourth-order valence-corrected chi connectivity index (χ4v) is 4.86. The molecule has 2 aromatic heterocycles. The largest absolute Gasteiger partial charge is 0.347 e. The molecule has 0 atom stereocenters. The molecule has 0 aliphatic heterocycles. The van der Waals surface area contributed by atoms with Gasteiger partial charge in [0.25, 0.3) is 5.91 Å². The second-order valence-electron chi connectivity index (χ2n) is 11.0. The van der Waals surface area contributed by atoms with E-state index in [0.717, 1.165) is 53.8 Å². The monoisotopic (exact) mass is 498 g/mol. The number of amides is 1. The Morgan fingerprint density at radius 3 is 2.43 bits per heavy atom. The summed E-state index contributed by atoms with van der Waals surface area (Å²) in [6.07, 6.45) is 6.23. The first-order valence-corrected chi connectivity index (χ1v) is 13.0. The third kappa shape index (κ3) is 6.10. The van der Waals surface area contributed by atoms with Crippen LogP contribution in [0.3, 0.4) is 0 Å². The second kappa shape index (κ2) is 10.6. The lowest BCUT2D eigenvalue weighted by atomic mass is 9.95. The zero-order valence-corrected chi connectivity index (χ0v) is 21.7. The van der Waals surface area contributed by atoms with Crippen molar-refractivity contribution in [2.45, 2.75) is 71.9 Å². The minimum Gasteiger partial charge on any atom is -0.347 e. The van der Waals surface area contributed by atoms with Crippen LogP contribution in [0.2, 0.25) is 0 Å². The normalized spacial score (nSPS) is 14.6. The van der Waals surface area contributed by atoms with E-state index in [0.29, 0.717) is 18.8 Å². The fourth-order valence-electron chi connectivity index (χ4n) is 4.86. The van der Waals surface area contributed by atoms with E-state index in [2.05, 4.69) is 82.1 Å². The number of aromatic nitrogens is 7.